The molecule has 1 heteroatoms. The van der Waals surface area contributed by atoms with E-state index >= 15 is 0 Å². The molecule has 1 nitrogen and oxygen atoms in total. The second-order valence-electron chi connectivity index (χ2n) is 6.39. The summed E-state index contributed by atoms with van der Waals surface area (Å²) in [5.41, 5.74) is 3.54. The third-order valence-corrected chi connectivity index (χ3v) is 5.18. The number of rotatable bonds is 3. The van der Waals surface area contributed by atoms with Crippen molar-refractivity contribution in [3.05, 3.63) is 71.8 Å². The Morgan fingerprint density at radius 2 is 1.65 bits per heavy atom. The standard InChI is InChI=1S/C19H21N/c1-3-7-16(8-4-1)14-20-12-11-19(13-18(19)15-20)17-9-5-2-6-10-17/h1-10,18H,11-15H2. The number of nitrogens with zero attached hydrogens (tertiary/aromatic N) is 1. The van der Waals surface area contributed by atoms with Gasteiger partial charge >= 0.3 is 0 Å². The van der Waals surface area contributed by atoms with E-state index in [1.165, 1.54) is 31.5 Å². The van der Waals surface area contributed by atoms with Crippen molar-refractivity contribution in [3.8, 4) is 0 Å². The second-order valence-corrected chi connectivity index (χ2v) is 6.39. The summed E-state index contributed by atoms with van der Waals surface area (Å²) in [6, 6.07) is 22.0. The van der Waals surface area contributed by atoms with Gasteiger partial charge in [-0.25, -0.2) is 0 Å². The van der Waals surface area contributed by atoms with Crippen LogP contribution in [-0.4, -0.2) is 18.0 Å². The summed E-state index contributed by atoms with van der Waals surface area (Å²) in [6.07, 6.45) is 2.72. The van der Waals surface area contributed by atoms with Gasteiger partial charge in [-0.1, -0.05) is 60.7 Å². The Labute approximate surface area is 121 Å². The molecule has 0 spiro atoms. The predicted octanol–water partition coefficient (Wildman–Crippen LogP) is 3.85. The first-order valence-corrected chi connectivity index (χ1v) is 7.69. The minimum absolute atomic E-state index is 0.522. The predicted molar refractivity (Wildman–Crippen MR) is 82.6 cm³/mol. The summed E-state index contributed by atoms with van der Waals surface area (Å²) in [5, 5.41) is 0. The van der Waals surface area contributed by atoms with Crippen molar-refractivity contribution in [2.75, 3.05) is 13.1 Å². The highest BCUT2D eigenvalue weighted by atomic mass is 15.1. The first-order chi connectivity index (χ1) is 9.87. The first kappa shape index (κ1) is 12.2. The van der Waals surface area contributed by atoms with E-state index in [4.69, 9.17) is 0 Å². The van der Waals surface area contributed by atoms with Crippen LogP contribution in [0.25, 0.3) is 0 Å². The average Bonchev–Trinajstić information content (AvgIpc) is 3.24. The van der Waals surface area contributed by atoms with Crippen LogP contribution in [0.2, 0.25) is 0 Å². The van der Waals surface area contributed by atoms with Crippen molar-refractivity contribution in [1.82, 2.24) is 4.90 Å². The molecule has 0 radical (unpaired) electrons. The number of benzene rings is 2. The Hall–Kier alpha value is -1.60. The van der Waals surface area contributed by atoms with Gasteiger partial charge in [0.15, 0.2) is 0 Å². The molecule has 102 valence electrons. The molecule has 1 heterocycles. The molecular weight excluding hydrogens is 242 g/mol. The van der Waals surface area contributed by atoms with Gasteiger partial charge < -0.3 is 0 Å². The average molecular weight is 263 g/mol. The topological polar surface area (TPSA) is 3.24 Å². The maximum Gasteiger partial charge on any atom is 0.0233 e. The summed E-state index contributed by atoms with van der Waals surface area (Å²) in [7, 11) is 0. The van der Waals surface area contributed by atoms with E-state index in [9.17, 15) is 0 Å². The maximum absolute atomic E-state index is 2.63. The fraction of sp³-hybridized carbons (Fsp3) is 0.368. The molecule has 2 unspecified atom stereocenters. The van der Waals surface area contributed by atoms with Crippen LogP contribution in [0.1, 0.15) is 24.0 Å². The van der Waals surface area contributed by atoms with E-state index in [2.05, 4.69) is 65.6 Å². The largest absolute Gasteiger partial charge is 0.299 e. The van der Waals surface area contributed by atoms with E-state index in [0.717, 1.165) is 12.5 Å². The first-order valence-electron chi connectivity index (χ1n) is 7.69. The summed E-state index contributed by atoms with van der Waals surface area (Å²) in [6.45, 7) is 3.62. The number of likely N-dealkylation sites (tertiary alicyclic amines) is 1. The summed E-state index contributed by atoms with van der Waals surface area (Å²) in [5.74, 6) is 0.877. The molecule has 20 heavy (non-hydrogen) atoms. The van der Waals surface area contributed by atoms with Gasteiger partial charge in [0.1, 0.15) is 0 Å². The van der Waals surface area contributed by atoms with Gasteiger partial charge in [0.05, 0.1) is 0 Å². The van der Waals surface area contributed by atoms with Gasteiger partial charge in [0.2, 0.25) is 0 Å². The molecule has 0 N–H and O–H groups in total. The minimum atomic E-state index is 0.522. The van der Waals surface area contributed by atoms with Crippen LogP contribution in [0.5, 0.6) is 0 Å². The highest BCUT2D eigenvalue weighted by Crippen LogP contribution is 2.59. The Kier molecular flexibility index (Phi) is 2.89. The highest BCUT2D eigenvalue weighted by Gasteiger charge is 2.57. The Morgan fingerprint density at radius 1 is 0.950 bits per heavy atom. The molecule has 1 saturated heterocycles. The van der Waals surface area contributed by atoms with Crippen LogP contribution >= 0.6 is 0 Å². The smallest absolute Gasteiger partial charge is 0.0233 e. The van der Waals surface area contributed by atoms with Crippen LogP contribution in [-0.2, 0) is 12.0 Å². The van der Waals surface area contributed by atoms with E-state index in [0.29, 0.717) is 5.41 Å². The van der Waals surface area contributed by atoms with Gasteiger partial charge in [-0.2, -0.15) is 0 Å². The molecule has 2 aromatic rings. The zero-order valence-corrected chi connectivity index (χ0v) is 11.8. The van der Waals surface area contributed by atoms with Crippen LogP contribution in [0.3, 0.4) is 0 Å². The SMILES string of the molecule is c1ccc(CN2CCC3(c4ccccc4)CC3C2)cc1. The molecule has 2 aliphatic rings. The highest BCUT2D eigenvalue weighted by molar-refractivity contribution is 5.35. The van der Waals surface area contributed by atoms with Crippen LogP contribution in [0.4, 0.5) is 0 Å². The quantitative estimate of drug-likeness (QED) is 0.813. The van der Waals surface area contributed by atoms with Crippen molar-refractivity contribution in [3.63, 3.8) is 0 Å². The van der Waals surface area contributed by atoms with E-state index in [1.807, 2.05) is 0 Å². The summed E-state index contributed by atoms with van der Waals surface area (Å²) >= 11 is 0. The number of fused-ring (bicyclic) bond motifs is 1. The van der Waals surface area contributed by atoms with Crippen molar-refractivity contribution in [2.45, 2.75) is 24.8 Å². The number of hydrogen-bond donors (Lipinski definition) is 0. The molecule has 1 aliphatic carbocycles. The van der Waals surface area contributed by atoms with Crippen molar-refractivity contribution in [2.24, 2.45) is 5.92 Å². The summed E-state index contributed by atoms with van der Waals surface area (Å²) in [4.78, 5) is 2.63. The molecule has 2 aromatic carbocycles. The normalized spacial score (nSPS) is 28.9. The molecule has 1 aliphatic heterocycles. The Morgan fingerprint density at radius 3 is 2.35 bits per heavy atom. The fourth-order valence-electron chi connectivity index (χ4n) is 3.94. The number of hydrogen-bond acceptors (Lipinski definition) is 1. The molecule has 0 aromatic heterocycles. The van der Waals surface area contributed by atoms with Crippen molar-refractivity contribution >= 4 is 0 Å². The molecule has 1 saturated carbocycles. The van der Waals surface area contributed by atoms with Gasteiger partial charge in [0.25, 0.3) is 0 Å². The van der Waals surface area contributed by atoms with Gasteiger partial charge in [-0.05, 0) is 36.4 Å². The van der Waals surface area contributed by atoms with E-state index in [1.54, 1.807) is 5.56 Å². The second kappa shape index (κ2) is 4.75. The lowest BCUT2D eigenvalue weighted by molar-refractivity contribution is 0.199. The maximum atomic E-state index is 2.63. The zero-order chi connectivity index (χ0) is 13.4. The minimum Gasteiger partial charge on any atom is -0.299 e. The van der Waals surface area contributed by atoms with Crippen LogP contribution in [0, 0.1) is 5.92 Å². The lowest BCUT2D eigenvalue weighted by Gasteiger charge is -2.32. The molecule has 4 rings (SSSR count). The third-order valence-electron chi connectivity index (χ3n) is 5.18. The third kappa shape index (κ3) is 2.06. The molecular formula is C19H21N. The Bertz CT molecular complexity index is 577. The monoisotopic (exact) mass is 263 g/mol. The van der Waals surface area contributed by atoms with E-state index in [-0.39, 0.29) is 0 Å². The molecule has 0 bridgehead atoms. The van der Waals surface area contributed by atoms with Gasteiger partial charge in [-0.15, -0.1) is 0 Å². The lowest BCUT2D eigenvalue weighted by Crippen LogP contribution is -2.35. The van der Waals surface area contributed by atoms with Crippen LogP contribution in [0.15, 0.2) is 60.7 Å². The molecule has 0 amide bonds. The van der Waals surface area contributed by atoms with Crippen molar-refractivity contribution in [1.29, 1.82) is 0 Å². The Balaban J connectivity index is 1.44. The molecule has 2 atom stereocenters. The fourth-order valence-corrected chi connectivity index (χ4v) is 3.94. The van der Waals surface area contributed by atoms with Gasteiger partial charge in [0, 0.05) is 18.5 Å². The van der Waals surface area contributed by atoms with Gasteiger partial charge in [-0.3, -0.25) is 4.90 Å². The zero-order valence-electron chi connectivity index (χ0n) is 11.8. The number of piperidine rings is 1. The molecule has 2 fully saturated rings. The van der Waals surface area contributed by atoms with E-state index < -0.39 is 0 Å². The van der Waals surface area contributed by atoms with Crippen LogP contribution < -0.4 is 0 Å². The lowest BCUT2D eigenvalue weighted by atomic mass is 9.87. The summed E-state index contributed by atoms with van der Waals surface area (Å²) < 4.78 is 0. The van der Waals surface area contributed by atoms with Crippen molar-refractivity contribution < 1.29 is 0 Å².